The third-order valence-electron chi connectivity index (χ3n) is 3.70. The van der Waals surface area contributed by atoms with E-state index in [1.165, 1.54) is 6.07 Å². The number of pyridine rings is 1. The van der Waals surface area contributed by atoms with Gasteiger partial charge in [-0.1, -0.05) is 15.9 Å². The number of nitrogens with one attached hydrogen (secondary N) is 1. The number of rotatable bonds is 3. The Morgan fingerprint density at radius 3 is 2.61 bits per heavy atom. The Labute approximate surface area is 142 Å². The van der Waals surface area contributed by atoms with Crippen molar-refractivity contribution in [2.24, 2.45) is 4.99 Å². The van der Waals surface area contributed by atoms with Crippen molar-refractivity contribution < 1.29 is 0 Å². The van der Waals surface area contributed by atoms with Gasteiger partial charge < -0.3 is 9.55 Å². The van der Waals surface area contributed by atoms with Gasteiger partial charge in [-0.2, -0.15) is 0 Å². The van der Waals surface area contributed by atoms with Crippen molar-refractivity contribution in [2.75, 3.05) is 0 Å². The molecule has 0 fully saturated rings. The van der Waals surface area contributed by atoms with E-state index in [1.54, 1.807) is 18.6 Å². The number of aliphatic imine (C=N–C) groups is 1. The Morgan fingerprint density at radius 2 is 1.91 bits per heavy atom. The molecular formula is C18H16BrN3O. The molecule has 0 unspecified atom stereocenters. The van der Waals surface area contributed by atoms with Crippen molar-refractivity contribution in [3.63, 3.8) is 0 Å². The fourth-order valence-corrected chi connectivity index (χ4v) is 2.82. The van der Waals surface area contributed by atoms with Crippen LogP contribution in [0.5, 0.6) is 0 Å². The Kier molecular flexibility index (Phi) is 4.30. The number of hydrogen-bond donors (Lipinski definition) is 1. The van der Waals surface area contributed by atoms with Gasteiger partial charge in [-0.15, -0.1) is 0 Å². The van der Waals surface area contributed by atoms with Crippen molar-refractivity contribution in [1.29, 1.82) is 0 Å². The first-order chi connectivity index (χ1) is 11.1. The van der Waals surface area contributed by atoms with E-state index in [0.29, 0.717) is 5.69 Å². The molecule has 116 valence electrons. The van der Waals surface area contributed by atoms with E-state index in [2.05, 4.69) is 55.6 Å². The summed E-state index contributed by atoms with van der Waals surface area (Å²) >= 11 is 3.45. The summed E-state index contributed by atoms with van der Waals surface area (Å²) in [6.45, 7) is 4.10. The molecule has 5 heteroatoms. The molecule has 0 saturated heterocycles. The van der Waals surface area contributed by atoms with Crippen LogP contribution in [0.15, 0.2) is 63.1 Å². The second-order valence-corrected chi connectivity index (χ2v) is 6.21. The summed E-state index contributed by atoms with van der Waals surface area (Å²) in [6, 6.07) is 11.7. The number of hydrogen-bond acceptors (Lipinski definition) is 2. The minimum Gasteiger partial charge on any atom is -0.366 e. The molecule has 0 radical (unpaired) electrons. The summed E-state index contributed by atoms with van der Waals surface area (Å²) in [5.41, 5.74) is 4.60. The number of halogens is 1. The first kappa shape index (κ1) is 15.5. The van der Waals surface area contributed by atoms with E-state index in [4.69, 9.17) is 0 Å². The molecule has 0 aliphatic carbocycles. The highest BCUT2D eigenvalue weighted by Gasteiger charge is 2.09. The minimum absolute atomic E-state index is 0.0956. The van der Waals surface area contributed by atoms with Gasteiger partial charge in [-0.3, -0.25) is 9.79 Å². The molecule has 4 nitrogen and oxygen atoms in total. The largest absolute Gasteiger partial charge is 0.366 e. The van der Waals surface area contributed by atoms with Gasteiger partial charge in [-0.25, -0.2) is 0 Å². The lowest BCUT2D eigenvalue weighted by Crippen LogP contribution is -2.00. The van der Waals surface area contributed by atoms with Crippen LogP contribution in [0.3, 0.4) is 0 Å². The van der Waals surface area contributed by atoms with Gasteiger partial charge in [0.1, 0.15) is 5.69 Å². The van der Waals surface area contributed by atoms with Crippen molar-refractivity contribution in [1.82, 2.24) is 9.55 Å². The lowest BCUT2D eigenvalue weighted by atomic mass is 10.2. The average molecular weight is 370 g/mol. The van der Waals surface area contributed by atoms with Crippen LogP contribution in [0.1, 0.15) is 17.0 Å². The zero-order valence-corrected chi connectivity index (χ0v) is 14.5. The van der Waals surface area contributed by atoms with Crippen molar-refractivity contribution in [2.45, 2.75) is 13.8 Å². The van der Waals surface area contributed by atoms with Crippen LogP contribution in [0.4, 0.5) is 5.69 Å². The van der Waals surface area contributed by atoms with Crippen LogP contribution in [-0.4, -0.2) is 15.8 Å². The maximum atomic E-state index is 11.7. The average Bonchev–Trinajstić information content (AvgIpc) is 2.82. The number of aromatic amines is 1. The van der Waals surface area contributed by atoms with Crippen LogP contribution in [0.25, 0.3) is 5.69 Å². The molecule has 1 aromatic carbocycles. The lowest BCUT2D eigenvalue weighted by Gasteiger charge is -2.09. The third-order valence-corrected chi connectivity index (χ3v) is 4.23. The molecule has 3 rings (SSSR count). The maximum Gasteiger partial charge on any atom is 0.207 e. The van der Waals surface area contributed by atoms with Crippen LogP contribution < -0.4 is 5.43 Å². The first-order valence-electron chi connectivity index (χ1n) is 7.22. The summed E-state index contributed by atoms with van der Waals surface area (Å²) < 4.78 is 3.22. The predicted octanol–water partition coefficient (Wildman–Crippen LogP) is 4.30. The van der Waals surface area contributed by atoms with Crippen molar-refractivity contribution in [3.8, 4) is 5.69 Å². The zero-order valence-electron chi connectivity index (χ0n) is 12.9. The van der Waals surface area contributed by atoms with E-state index >= 15 is 0 Å². The van der Waals surface area contributed by atoms with E-state index in [-0.39, 0.29) is 5.43 Å². The molecular weight excluding hydrogens is 354 g/mol. The highest BCUT2D eigenvalue weighted by molar-refractivity contribution is 9.10. The van der Waals surface area contributed by atoms with Crippen LogP contribution >= 0.6 is 15.9 Å². The summed E-state index contributed by atoms with van der Waals surface area (Å²) in [5.74, 6) is 0. The smallest absolute Gasteiger partial charge is 0.207 e. The standard InChI is InChI=1S/C18H16BrN3O/c1-12-9-14(10-21-17-11-20-8-7-18(17)23)13(2)22(12)16-5-3-15(19)4-6-16/h3-11H,1-2H3,(H,20,23). The normalized spacial score (nSPS) is 11.3. The monoisotopic (exact) mass is 369 g/mol. The number of H-pyrrole nitrogens is 1. The summed E-state index contributed by atoms with van der Waals surface area (Å²) in [5, 5.41) is 0. The van der Waals surface area contributed by atoms with Gasteiger partial charge in [0.05, 0.1) is 0 Å². The molecule has 0 aliphatic rings. The minimum atomic E-state index is -0.0956. The molecule has 0 aliphatic heterocycles. The van der Waals surface area contributed by atoms with Gasteiger partial charge >= 0.3 is 0 Å². The van der Waals surface area contributed by atoms with Gasteiger partial charge in [0, 0.05) is 51.8 Å². The van der Waals surface area contributed by atoms with Crippen LogP contribution in [-0.2, 0) is 0 Å². The summed E-state index contributed by atoms with van der Waals surface area (Å²) in [4.78, 5) is 18.9. The lowest BCUT2D eigenvalue weighted by molar-refractivity contribution is 0.964. The SMILES string of the molecule is Cc1cc(C=Nc2c[nH]ccc2=O)c(C)n1-c1ccc(Br)cc1. The predicted molar refractivity (Wildman–Crippen MR) is 97.3 cm³/mol. The zero-order chi connectivity index (χ0) is 16.4. The van der Waals surface area contributed by atoms with Gasteiger partial charge in [0.15, 0.2) is 0 Å². The van der Waals surface area contributed by atoms with Crippen LogP contribution in [0, 0.1) is 13.8 Å². The van der Waals surface area contributed by atoms with E-state index in [1.807, 2.05) is 19.1 Å². The molecule has 3 aromatic rings. The number of aryl methyl sites for hydroxylation is 1. The first-order valence-corrected chi connectivity index (χ1v) is 8.01. The molecule has 0 amide bonds. The molecule has 2 heterocycles. The number of nitrogens with zero attached hydrogens (tertiary/aromatic N) is 2. The number of aromatic nitrogens is 2. The van der Waals surface area contributed by atoms with Gasteiger partial charge in [-0.05, 0) is 44.2 Å². The molecule has 1 N–H and O–H groups in total. The summed E-state index contributed by atoms with van der Waals surface area (Å²) in [7, 11) is 0. The maximum absolute atomic E-state index is 11.7. The second-order valence-electron chi connectivity index (χ2n) is 5.29. The molecule has 2 aromatic heterocycles. The van der Waals surface area contributed by atoms with Gasteiger partial charge in [0.25, 0.3) is 0 Å². The molecule has 0 saturated carbocycles. The quantitative estimate of drug-likeness (QED) is 0.687. The van der Waals surface area contributed by atoms with E-state index in [9.17, 15) is 4.79 Å². The molecule has 0 atom stereocenters. The highest BCUT2D eigenvalue weighted by atomic mass is 79.9. The Hall–Kier alpha value is -2.40. The highest BCUT2D eigenvalue weighted by Crippen LogP contribution is 2.21. The van der Waals surface area contributed by atoms with Crippen LogP contribution in [0.2, 0.25) is 0 Å². The second kappa shape index (κ2) is 6.38. The van der Waals surface area contributed by atoms with Crippen molar-refractivity contribution in [3.05, 3.63) is 80.4 Å². The topological polar surface area (TPSA) is 50.1 Å². The fraction of sp³-hybridized carbons (Fsp3) is 0.111. The fourth-order valence-electron chi connectivity index (χ4n) is 2.55. The Balaban J connectivity index is 2.00. The summed E-state index contributed by atoms with van der Waals surface area (Å²) in [6.07, 6.45) is 4.94. The number of benzene rings is 1. The van der Waals surface area contributed by atoms with E-state index in [0.717, 1.165) is 27.1 Å². The van der Waals surface area contributed by atoms with Crippen molar-refractivity contribution >= 4 is 27.8 Å². The molecule has 0 spiro atoms. The molecule has 0 bridgehead atoms. The third kappa shape index (κ3) is 3.19. The Bertz CT molecular complexity index is 920. The van der Waals surface area contributed by atoms with E-state index < -0.39 is 0 Å². The molecule has 23 heavy (non-hydrogen) atoms. The van der Waals surface area contributed by atoms with Gasteiger partial charge in [0.2, 0.25) is 5.43 Å². The Morgan fingerprint density at radius 1 is 1.17 bits per heavy atom.